The van der Waals surface area contributed by atoms with E-state index >= 15 is 0 Å². The number of nitriles is 1. The van der Waals surface area contributed by atoms with Crippen LogP contribution < -0.4 is 0 Å². The van der Waals surface area contributed by atoms with Crippen molar-refractivity contribution in [2.75, 3.05) is 14.1 Å². The first kappa shape index (κ1) is 10.7. The van der Waals surface area contributed by atoms with E-state index in [4.69, 9.17) is 5.26 Å². The lowest BCUT2D eigenvalue weighted by Crippen LogP contribution is -2.43. The van der Waals surface area contributed by atoms with Gasteiger partial charge in [-0.2, -0.15) is 5.26 Å². The van der Waals surface area contributed by atoms with Crippen LogP contribution in [0.5, 0.6) is 0 Å². The van der Waals surface area contributed by atoms with E-state index in [1.54, 1.807) is 0 Å². The fraction of sp³-hybridized carbons (Fsp3) is 0.875. The first-order valence-electron chi connectivity index (χ1n) is 4.05. The lowest BCUT2D eigenvalue weighted by atomic mass is 10.4. The van der Waals surface area contributed by atoms with E-state index in [1.807, 2.05) is 0 Å². The number of hydrogen-bond donors (Lipinski definition) is 0. The maximum absolute atomic E-state index is 8.35. The third-order valence-corrected chi connectivity index (χ3v) is 6.29. The molecule has 0 saturated heterocycles. The van der Waals surface area contributed by atoms with E-state index in [1.165, 1.54) is 6.04 Å². The summed E-state index contributed by atoms with van der Waals surface area (Å²) in [6.45, 7) is 4.68. The van der Waals surface area contributed by atoms with Crippen LogP contribution in [0, 0.1) is 11.3 Å². The average Bonchev–Trinajstić information content (AvgIpc) is 1.88. The van der Waals surface area contributed by atoms with Crippen molar-refractivity contribution in [1.29, 1.82) is 5.26 Å². The Labute approximate surface area is 70.9 Å². The summed E-state index contributed by atoms with van der Waals surface area (Å²) in [4.78, 5) is 0. The molecular weight excluding hydrogens is 152 g/mol. The average molecular weight is 170 g/mol. The number of hydrogen-bond acceptors (Lipinski definition) is 2. The zero-order valence-corrected chi connectivity index (χ0v) is 9.02. The third kappa shape index (κ3) is 4.17. The molecule has 0 aromatic carbocycles. The molecule has 0 unspecified atom stereocenters. The highest BCUT2D eigenvalue weighted by Gasteiger charge is 2.22. The highest BCUT2D eigenvalue weighted by molar-refractivity contribution is 6.74. The lowest BCUT2D eigenvalue weighted by molar-refractivity contribution is 0.612. The molecule has 64 valence electrons. The van der Waals surface area contributed by atoms with Gasteiger partial charge in [-0.05, 0) is 26.6 Å². The van der Waals surface area contributed by atoms with Crippen molar-refractivity contribution in [1.82, 2.24) is 4.57 Å². The molecule has 0 aromatic heterocycles. The number of unbranched alkanes of at least 4 members (excludes halogenated alkanes) is 1. The van der Waals surface area contributed by atoms with Crippen LogP contribution in [0.15, 0.2) is 0 Å². The van der Waals surface area contributed by atoms with Crippen LogP contribution in [0.2, 0.25) is 19.1 Å². The van der Waals surface area contributed by atoms with E-state index in [2.05, 4.69) is 37.8 Å². The topological polar surface area (TPSA) is 27.0 Å². The highest BCUT2D eigenvalue weighted by atomic mass is 28.3. The van der Waals surface area contributed by atoms with Crippen LogP contribution in [0.4, 0.5) is 0 Å². The molecule has 11 heavy (non-hydrogen) atoms. The second kappa shape index (κ2) is 4.53. The zero-order valence-electron chi connectivity index (χ0n) is 8.02. The first-order chi connectivity index (χ1) is 5.00. The van der Waals surface area contributed by atoms with Crippen molar-refractivity contribution < 1.29 is 0 Å². The van der Waals surface area contributed by atoms with Gasteiger partial charge in [-0.15, -0.1) is 0 Å². The second-order valence-corrected chi connectivity index (χ2v) is 8.74. The van der Waals surface area contributed by atoms with E-state index in [0.717, 1.165) is 6.42 Å². The molecule has 0 aromatic rings. The Morgan fingerprint density at radius 2 is 1.91 bits per heavy atom. The molecule has 0 fully saturated rings. The van der Waals surface area contributed by atoms with Gasteiger partial charge in [0.2, 0.25) is 0 Å². The molecule has 0 N–H and O–H groups in total. The van der Waals surface area contributed by atoms with Crippen LogP contribution in [-0.4, -0.2) is 26.9 Å². The van der Waals surface area contributed by atoms with Crippen molar-refractivity contribution in [2.45, 2.75) is 32.0 Å². The molecule has 2 nitrogen and oxygen atoms in total. The van der Waals surface area contributed by atoms with Gasteiger partial charge in [0.15, 0.2) is 0 Å². The van der Waals surface area contributed by atoms with Gasteiger partial charge < -0.3 is 4.57 Å². The van der Waals surface area contributed by atoms with Crippen LogP contribution in [-0.2, 0) is 0 Å². The molecule has 0 amide bonds. The molecule has 0 radical (unpaired) electrons. The highest BCUT2D eigenvalue weighted by Crippen LogP contribution is 2.14. The van der Waals surface area contributed by atoms with Crippen LogP contribution >= 0.6 is 0 Å². The molecule has 0 saturated carbocycles. The van der Waals surface area contributed by atoms with Crippen molar-refractivity contribution in [2.24, 2.45) is 0 Å². The zero-order chi connectivity index (χ0) is 8.91. The van der Waals surface area contributed by atoms with Gasteiger partial charge >= 0.3 is 0 Å². The summed E-state index contributed by atoms with van der Waals surface area (Å²) < 4.78 is 2.34. The lowest BCUT2D eigenvalue weighted by Gasteiger charge is -2.29. The Bertz CT molecular complexity index is 147. The number of rotatable bonds is 4. The smallest absolute Gasteiger partial charge is 0.121 e. The predicted molar refractivity (Wildman–Crippen MR) is 50.8 cm³/mol. The van der Waals surface area contributed by atoms with Crippen molar-refractivity contribution >= 4 is 8.24 Å². The van der Waals surface area contributed by atoms with Crippen LogP contribution in [0.1, 0.15) is 12.8 Å². The molecule has 0 aliphatic heterocycles. The minimum Gasteiger partial charge on any atom is -0.329 e. The van der Waals surface area contributed by atoms with Gasteiger partial charge in [-0.1, -0.05) is 13.1 Å². The van der Waals surface area contributed by atoms with Crippen molar-refractivity contribution in [3.8, 4) is 6.07 Å². The number of nitrogens with zero attached hydrogens (tertiary/aromatic N) is 2. The summed E-state index contributed by atoms with van der Waals surface area (Å²) in [6, 6.07) is 3.41. The molecule has 0 heterocycles. The molecule has 0 bridgehead atoms. The Hall–Kier alpha value is -0.333. The maximum atomic E-state index is 8.35. The summed E-state index contributed by atoms with van der Waals surface area (Å²) >= 11 is 0. The minimum absolute atomic E-state index is 0.713. The first-order valence-corrected chi connectivity index (χ1v) is 7.20. The van der Waals surface area contributed by atoms with E-state index < -0.39 is 8.24 Å². The Morgan fingerprint density at radius 1 is 1.36 bits per heavy atom. The minimum atomic E-state index is -1.14. The summed E-state index contributed by atoms with van der Waals surface area (Å²) in [7, 11) is 3.14. The summed E-state index contributed by atoms with van der Waals surface area (Å²) in [5, 5.41) is 8.35. The van der Waals surface area contributed by atoms with Crippen LogP contribution in [0.3, 0.4) is 0 Å². The van der Waals surface area contributed by atoms with Gasteiger partial charge in [0.05, 0.1) is 6.07 Å². The van der Waals surface area contributed by atoms with Gasteiger partial charge in [-0.25, -0.2) is 0 Å². The van der Waals surface area contributed by atoms with Gasteiger partial charge in [-0.3, -0.25) is 0 Å². The fourth-order valence-electron chi connectivity index (χ4n) is 0.824. The second-order valence-electron chi connectivity index (χ2n) is 3.72. The van der Waals surface area contributed by atoms with Gasteiger partial charge in [0, 0.05) is 6.42 Å². The Kier molecular flexibility index (Phi) is 4.39. The summed E-state index contributed by atoms with van der Waals surface area (Å²) in [6.07, 6.45) is 1.78. The molecule has 0 atom stereocenters. The normalized spacial score (nSPS) is 11.6. The maximum Gasteiger partial charge on any atom is 0.121 e. The molecule has 0 aliphatic carbocycles. The quantitative estimate of drug-likeness (QED) is 0.477. The molecule has 3 heteroatoms. The van der Waals surface area contributed by atoms with Crippen LogP contribution in [0.25, 0.3) is 0 Å². The van der Waals surface area contributed by atoms with E-state index in [9.17, 15) is 0 Å². The monoisotopic (exact) mass is 170 g/mol. The molecule has 0 aliphatic rings. The predicted octanol–water partition coefficient (Wildman–Crippen LogP) is 2.06. The van der Waals surface area contributed by atoms with Crippen molar-refractivity contribution in [3.05, 3.63) is 0 Å². The largest absolute Gasteiger partial charge is 0.329 e. The third-order valence-electron chi connectivity index (χ3n) is 2.29. The SMILES string of the molecule is CN(C)[Si](C)(C)CCCC#N. The Morgan fingerprint density at radius 3 is 2.27 bits per heavy atom. The van der Waals surface area contributed by atoms with Gasteiger partial charge in [0.25, 0.3) is 0 Å². The standard InChI is InChI=1S/C8H18N2Si/c1-10(2)11(3,4)8-6-5-7-9/h5-6,8H2,1-4H3. The van der Waals surface area contributed by atoms with Crippen molar-refractivity contribution in [3.63, 3.8) is 0 Å². The Balaban J connectivity index is 3.66. The summed E-state index contributed by atoms with van der Waals surface area (Å²) in [5.41, 5.74) is 0. The molecule has 0 rings (SSSR count). The van der Waals surface area contributed by atoms with E-state index in [-0.39, 0.29) is 0 Å². The molecular formula is C8H18N2Si. The summed E-state index contributed by atoms with van der Waals surface area (Å²) in [5.74, 6) is 0. The van der Waals surface area contributed by atoms with E-state index in [0.29, 0.717) is 6.42 Å². The molecule has 0 spiro atoms. The van der Waals surface area contributed by atoms with Gasteiger partial charge in [0.1, 0.15) is 8.24 Å². The fourth-order valence-corrected chi connectivity index (χ4v) is 2.31.